The number of nitrogens with one attached hydrogen (secondary N) is 1. The van der Waals surface area contributed by atoms with Crippen molar-refractivity contribution in [2.45, 2.75) is 13.5 Å². The lowest BCUT2D eigenvalue weighted by Gasteiger charge is -2.36. The number of hydrogen-bond donors (Lipinski definition) is 1. The standard InChI is InChI=1S/C18H26N4O2/c1-15-4-2-3-5-16(15)12-20-8-10-21(11-9-20)14-18(24)22-7-6-19-17(23)13-22/h2-5H,6-14H2,1H3,(H,19,23). The molecule has 2 aliphatic heterocycles. The summed E-state index contributed by atoms with van der Waals surface area (Å²) < 4.78 is 0. The molecular weight excluding hydrogens is 304 g/mol. The second kappa shape index (κ2) is 7.77. The van der Waals surface area contributed by atoms with Gasteiger partial charge in [0.05, 0.1) is 13.1 Å². The van der Waals surface area contributed by atoms with E-state index in [4.69, 9.17) is 0 Å². The summed E-state index contributed by atoms with van der Waals surface area (Å²) in [6.45, 7) is 8.68. The van der Waals surface area contributed by atoms with Crippen LogP contribution in [0, 0.1) is 6.92 Å². The van der Waals surface area contributed by atoms with Crippen molar-refractivity contribution in [3.63, 3.8) is 0 Å². The van der Waals surface area contributed by atoms with Crippen molar-refractivity contribution < 1.29 is 9.59 Å². The molecule has 0 radical (unpaired) electrons. The Labute approximate surface area is 143 Å². The Morgan fingerprint density at radius 3 is 2.50 bits per heavy atom. The maximum absolute atomic E-state index is 12.3. The third-order valence-electron chi connectivity index (χ3n) is 4.87. The highest BCUT2D eigenvalue weighted by molar-refractivity contribution is 5.86. The fourth-order valence-corrected chi connectivity index (χ4v) is 3.28. The molecule has 24 heavy (non-hydrogen) atoms. The molecule has 6 nitrogen and oxygen atoms in total. The average Bonchev–Trinajstić information content (AvgIpc) is 2.58. The molecule has 0 aliphatic carbocycles. The van der Waals surface area contributed by atoms with E-state index in [-0.39, 0.29) is 18.4 Å². The molecule has 0 spiro atoms. The van der Waals surface area contributed by atoms with Crippen LogP contribution in [0.3, 0.4) is 0 Å². The largest absolute Gasteiger partial charge is 0.353 e. The predicted octanol–water partition coefficient (Wildman–Crippen LogP) is 0.0710. The first-order valence-electron chi connectivity index (χ1n) is 8.65. The Morgan fingerprint density at radius 1 is 1.08 bits per heavy atom. The first-order valence-corrected chi connectivity index (χ1v) is 8.65. The zero-order valence-corrected chi connectivity index (χ0v) is 14.3. The maximum Gasteiger partial charge on any atom is 0.239 e. The fraction of sp³-hybridized carbons (Fsp3) is 0.556. The van der Waals surface area contributed by atoms with Gasteiger partial charge in [-0.25, -0.2) is 0 Å². The van der Waals surface area contributed by atoms with Crippen LogP contribution in [-0.4, -0.2) is 78.9 Å². The molecule has 6 heteroatoms. The molecule has 0 saturated carbocycles. The van der Waals surface area contributed by atoms with Gasteiger partial charge in [0.25, 0.3) is 0 Å². The number of benzene rings is 1. The van der Waals surface area contributed by atoms with Crippen LogP contribution in [0.1, 0.15) is 11.1 Å². The predicted molar refractivity (Wildman–Crippen MR) is 92.5 cm³/mol. The third kappa shape index (κ3) is 4.33. The SMILES string of the molecule is Cc1ccccc1CN1CCN(CC(=O)N2CCNC(=O)C2)CC1. The van der Waals surface area contributed by atoms with Crippen molar-refractivity contribution >= 4 is 11.8 Å². The monoisotopic (exact) mass is 330 g/mol. The molecular formula is C18H26N4O2. The van der Waals surface area contributed by atoms with Gasteiger partial charge in [0.15, 0.2) is 0 Å². The van der Waals surface area contributed by atoms with Crippen molar-refractivity contribution in [2.24, 2.45) is 0 Å². The fourth-order valence-electron chi connectivity index (χ4n) is 3.28. The van der Waals surface area contributed by atoms with Gasteiger partial charge in [-0.15, -0.1) is 0 Å². The van der Waals surface area contributed by atoms with E-state index in [0.29, 0.717) is 19.6 Å². The van der Waals surface area contributed by atoms with Gasteiger partial charge in [-0.3, -0.25) is 19.4 Å². The Kier molecular flexibility index (Phi) is 5.48. The van der Waals surface area contributed by atoms with Crippen LogP contribution in [-0.2, 0) is 16.1 Å². The summed E-state index contributed by atoms with van der Waals surface area (Å²) in [7, 11) is 0. The highest BCUT2D eigenvalue weighted by atomic mass is 16.2. The van der Waals surface area contributed by atoms with Crippen LogP contribution in [0.5, 0.6) is 0 Å². The van der Waals surface area contributed by atoms with Crippen LogP contribution in [0.15, 0.2) is 24.3 Å². The minimum atomic E-state index is -0.0577. The van der Waals surface area contributed by atoms with Gasteiger partial charge in [0, 0.05) is 45.8 Å². The topological polar surface area (TPSA) is 55.9 Å². The van der Waals surface area contributed by atoms with Crippen LogP contribution in [0.4, 0.5) is 0 Å². The molecule has 1 aromatic rings. The molecule has 0 atom stereocenters. The van der Waals surface area contributed by atoms with E-state index < -0.39 is 0 Å². The minimum absolute atomic E-state index is 0.0577. The number of piperazine rings is 2. The lowest BCUT2D eigenvalue weighted by molar-refractivity contribution is -0.139. The van der Waals surface area contributed by atoms with Crippen molar-refractivity contribution in [3.8, 4) is 0 Å². The molecule has 0 aromatic heterocycles. The van der Waals surface area contributed by atoms with Gasteiger partial charge < -0.3 is 10.2 Å². The molecule has 2 aliphatic rings. The minimum Gasteiger partial charge on any atom is -0.353 e. The second-order valence-corrected chi connectivity index (χ2v) is 6.64. The average molecular weight is 330 g/mol. The van der Waals surface area contributed by atoms with Crippen molar-refractivity contribution in [2.75, 3.05) is 52.4 Å². The molecule has 2 saturated heterocycles. The number of carbonyl (C=O) groups excluding carboxylic acids is 2. The van der Waals surface area contributed by atoms with Crippen molar-refractivity contribution in [1.82, 2.24) is 20.0 Å². The van der Waals surface area contributed by atoms with Crippen LogP contribution in [0.25, 0.3) is 0 Å². The Balaban J connectivity index is 1.44. The number of hydrogen-bond acceptors (Lipinski definition) is 4. The molecule has 0 unspecified atom stereocenters. The van der Waals surface area contributed by atoms with E-state index in [1.54, 1.807) is 4.90 Å². The van der Waals surface area contributed by atoms with E-state index in [2.05, 4.69) is 46.3 Å². The van der Waals surface area contributed by atoms with Crippen molar-refractivity contribution in [1.29, 1.82) is 0 Å². The lowest BCUT2D eigenvalue weighted by atomic mass is 10.1. The molecule has 2 amide bonds. The number of carbonyl (C=O) groups is 2. The first-order chi connectivity index (χ1) is 11.6. The summed E-state index contributed by atoms with van der Waals surface area (Å²) in [5.41, 5.74) is 2.71. The number of rotatable bonds is 4. The Morgan fingerprint density at radius 2 is 1.79 bits per heavy atom. The molecule has 2 heterocycles. The van der Waals surface area contributed by atoms with E-state index in [0.717, 1.165) is 32.7 Å². The number of amides is 2. The summed E-state index contributed by atoms with van der Waals surface area (Å²) in [6.07, 6.45) is 0. The number of nitrogens with zero attached hydrogens (tertiary/aromatic N) is 3. The van der Waals surface area contributed by atoms with Crippen LogP contribution < -0.4 is 5.32 Å². The number of aryl methyl sites for hydroxylation is 1. The second-order valence-electron chi connectivity index (χ2n) is 6.64. The van der Waals surface area contributed by atoms with Gasteiger partial charge in [0.2, 0.25) is 11.8 Å². The highest BCUT2D eigenvalue weighted by Crippen LogP contribution is 2.12. The summed E-state index contributed by atoms with van der Waals surface area (Å²) in [5, 5.41) is 2.75. The third-order valence-corrected chi connectivity index (χ3v) is 4.87. The zero-order valence-electron chi connectivity index (χ0n) is 14.3. The quantitative estimate of drug-likeness (QED) is 0.849. The smallest absolute Gasteiger partial charge is 0.239 e. The lowest BCUT2D eigenvalue weighted by Crippen LogP contribution is -2.54. The molecule has 2 fully saturated rings. The van der Waals surface area contributed by atoms with Crippen LogP contribution in [0.2, 0.25) is 0 Å². The van der Waals surface area contributed by atoms with E-state index in [9.17, 15) is 9.59 Å². The van der Waals surface area contributed by atoms with E-state index >= 15 is 0 Å². The summed E-state index contributed by atoms with van der Waals surface area (Å²) in [5.74, 6) is 0.00912. The van der Waals surface area contributed by atoms with Gasteiger partial charge in [-0.05, 0) is 18.1 Å². The summed E-state index contributed by atoms with van der Waals surface area (Å²) in [6, 6.07) is 8.50. The maximum atomic E-state index is 12.3. The molecule has 3 rings (SSSR count). The summed E-state index contributed by atoms with van der Waals surface area (Å²) >= 11 is 0. The first kappa shape index (κ1) is 16.9. The van der Waals surface area contributed by atoms with Gasteiger partial charge in [-0.1, -0.05) is 24.3 Å². The zero-order chi connectivity index (χ0) is 16.9. The van der Waals surface area contributed by atoms with E-state index in [1.807, 2.05) is 0 Å². The van der Waals surface area contributed by atoms with Crippen LogP contribution >= 0.6 is 0 Å². The highest BCUT2D eigenvalue weighted by Gasteiger charge is 2.25. The van der Waals surface area contributed by atoms with E-state index in [1.165, 1.54) is 11.1 Å². The van der Waals surface area contributed by atoms with Gasteiger partial charge in [-0.2, -0.15) is 0 Å². The molecule has 130 valence electrons. The Bertz CT molecular complexity index is 596. The molecule has 0 bridgehead atoms. The van der Waals surface area contributed by atoms with Crippen molar-refractivity contribution in [3.05, 3.63) is 35.4 Å². The van der Waals surface area contributed by atoms with Gasteiger partial charge >= 0.3 is 0 Å². The Hall–Kier alpha value is -1.92. The molecule has 1 N–H and O–H groups in total. The normalized spacial score (nSPS) is 20.0. The van der Waals surface area contributed by atoms with Gasteiger partial charge in [0.1, 0.15) is 0 Å². The molecule has 1 aromatic carbocycles. The summed E-state index contributed by atoms with van der Waals surface area (Å²) in [4.78, 5) is 30.0.